The number of hydrogen-bond donors (Lipinski definition) is 0. The molecule has 0 spiro atoms. The van der Waals surface area contributed by atoms with E-state index < -0.39 is 6.17 Å². The summed E-state index contributed by atoms with van der Waals surface area (Å²) in [6.45, 7) is 1.44. The second-order valence-electron chi connectivity index (χ2n) is 1.91. The Bertz CT molecular complexity index is 203. The minimum absolute atomic E-state index is 0.435. The van der Waals surface area contributed by atoms with Crippen LogP contribution in [0.5, 0.6) is 0 Å². The molecule has 0 N–H and O–H groups in total. The molecule has 0 radical (unpaired) electrons. The van der Waals surface area contributed by atoms with E-state index in [2.05, 4.69) is 4.98 Å². The van der Waals surface area contributed by atoms with Gasteiger partial charge in [0.05, 0.1) is 6.20 Å². The lowest BCUT2D eigenvalue weighted by Gasteiger charge is -1.86. The molecule has 1 rings (SSSR count). The molecule has 54 valence electrons. The van der Waals surface area contributed by atoms with Crippen molar-refractivity contribution in [2.24, 2.45) is 0 Å². The van der Waals surface area contributed by atoms with Gasteiger partial charge in [0.25, 0.3) is 0 Å². The lowest BCUT2D eigenvalue weighted by molar-refractivity contribution is 0.431. The van der Waals surface area contributed by atoms with Crippen LogP contribution in [0.2, 0.25) is 0 Å². The molecule has 1 atom stereocenters. The summed E-state index contributed by atoms with van der Waals surface area (Å²) in [5.74, 6) is 0.435. The highest BCUT2D eigenvalue weighted by atomic mass is 19.1. The van der Waals surface area contributed by atoms with Crippen LogP contribution in [0.3, 0.4) is 0 Å². The zero-order valence-corrected chi connectivity index (χ0v) is 5.62. The molecule has 0 saturated heterocycles. The van der Waals surface area contributed by atoms with E-state index in [4.69, 9.17) is 4.42 Å². The molecule has 0 aliphatic carbocycles. The largest absolute Gasteiger partial charge is 0.445 e. The van der Waals surface area contributed by atoms with E-state index in [1.807, 2.05) is 0 Å². The van der Waals surface area contributed by atoms with Crippen molar-refractivity contribution < 1.29 is 8.81 Å². The average molecular weight is 141 g/mol. The van der Waals surface area contributed by atoms with Gasteiger partial charge in [-0.3, -0.25) is 0 Å². The maximum absolute atomic E-state index is 12.1. The van der Waals surface area contributed by atoms with Gasteiger partial charge in [-0.05, 0) is 19.1 Å². The zero-order chi connectivity index (χ0) is 7.40. The number of nitrogens with zero attached hydrogens (tertiary/aromatic N) is 1. The summed E-state index contributed by atoms with van der Waals surface area (Å²) in [5.41, 5.74) is 0. The summed E-state index contributed by atoms with van der Waals surface area (Å²) in [5, 5.41) is 0. The first-order chi connectivity index (χ1) is 4.79. The van der Waals surface area contributed by atoms with Crippen LogP contribution in [0.4, 0.5) is 4.39 Å². The highest BCUT2D eigenvalue weighted by Crippen LogP contribution is 1.99. The first kappa shape index (κ1) is 6.99. The second kappa shape index (κ2) is 3.15. The van der Waals surface area contributed by atoms with Crippen LogP contribution in [0.15, 0.2) is 23.0 Å². The molecule has 0 amide bonds. The first-order valence-electron chi connectivity index (χ1n) is 3.01. The van der Waals surface area contributed by atoms with E-state index in [1.54, 1.807) is 0 Å². The monoisotopic (exact) mass is 141 g/mol. The maximum Gasteiger partial charge on any atom is 0.218 e. The smallest absolute Gasteiger partial charge is 0.218 e. The fourth-order valence-electron chi connectivity index (χ4n) is 0.532. The molecule has 1 aromatic heterocycles. The number of oxazole rings is 1. The quantitative estimate of drug-likeness (QED) is 0.629. The number of halogens is 1. The molecule has 0 aliphatic heterocycles. The van der Waals surface area contributed by atoms with E-state index in [0.717, 1.165) is 0 Å². The minimum Gasteiger partial charge on any atom is -0.445 e. The van der Waals surface area contributed by atoms with Gasteiger partial charge >= 0.3 is 0 Å². The third-order valence-corrected chi connectivity index (χ3v) is 0.955. The minimum atomic E-state index is -0.952. The van der Waals surface area contributed by atoms with Gasteiger partial charge < -0.3 is 4.42 Å². The highest BCUT2D eigenvalue weighted by molar-refractivity contribution is 5.37. The van der Waals surface area contributed by atoms with Crippen LogP contribution in [-0.2, 0) is 0 Å². The summed E-state index contributed by atoms with van der Waals surface area (Å²) in [4.78, 5) is 3.77. The van der Waals surface area contributed by atoms with E-state index in [-0.39, 0.29) is 0 Å². The van der Waals surface area contributed by atoms with E-state index >= 15 is 0 Å². The standard InChI is InChI=1S/C7H8FNO/c1-6(8)2-3-7-9-4-5-10-7/h2-6H,1H3/b3-2+. The molecule has 0 aromatic carbocycles. The number of alkyl halides is 1. The van der Waals surface area contributed by atoms with E-state index in [9.17, 15) is 4.39 Å². The zero-order valence-electron chi connectivity index (χ0n) is 5.62. The Balaban J connectivity index is 2.55. The van der Waals surface area contributed by atoms with Gasteiger partial charge in [-0.1, -0.05) is 0 Å². The van der Waals surface area contributed by atoms with Crippen molar-refractivity contribution in [3.63, 3.8) is 0 Å². The van der Waals surface area contributed by atoms with Gasteiger partial charge in [-0.15, -0.1) is 0 Å². The number of rotatable bonds is 2. The molecular formula is C7H8FNO. The highest BCUT2D eigenvalue weighted by Gasteiger charge is 1.91. The predicted octanol–water partition coefficient (Wildman–Crippen LogP) is 2.05. The van der Waals surface area contributed by atoms with Crippen LogP contribution in [-0.4, -0.2) is 11.2 Å². The van der Waals surface area contributed by atoms with Crippen LogP contribution >= 0.6 is 0 Å². The summed E-state index contributed by atoms with van der Waals surface area (Å²) >= 11 is 0. The van der Waals surface area contributed by atoms with Crippen molar-refractivity contribution in [3.8, 4) is 0 Å². The molecule has 1 aromatic rings. The van der Waals surface area contributed by atoms with Crippen molar-refractivity contribution in [3.05, 3.63) is 24.4 Å². The molecular weight excluding hydrogens is 133 g/mol. The molecule has 0 bridgehead atoms. The third-order valence-electron chi connectivity index (χ3n) is 0.955. The molecule has 0 saturated carbocycles. The van der Waals surface area contributed by atoms with Gasteiger partial charge in [0, 0.05) is 0 Å². The summed E-state index contributed by atoms with van der Waals surface area (Å²) < 4.78 is 17.0. The van der Waals surface area contributed by atoms with E-state index in [0.29, 0.717) is 5.89 Å². The number of hydrogen-bond acceptors (Lipinski definition) is 2. The summed E-state index contributed by atoms with van der Waals surface area (Å²) in [6, 6.07) is 0. The van der Waals surface area contributed by atoms with Crippen LogP contribution in [0.1, 0.15) is 12.8 Å². The van der Waals surface area contributed by atoms with Gasteiger partial charge in [-0.2, -0.15) is 0 Å². The van der Waals surface area contributed by atoms with E-state index in [1.165, 1.54) is 31.5 Å². The Morgan fingerprint density at radius 2 is 2.60 bits per heavy atom. The van der Waals surface area contributed by atoms with Crippen LogP contribution in [0, 0.1) is 0 Å². The van der Waals surface area contributed by atoms with Gasteiger partial charge in [0.2, 0.25) is 5.89 Å². The lowest BCUT2D eigenvalue weighted by Crippen LogP contribution is -1.82. The van der Waals surface area contributed by atoms with Crippen molar-refractivity contribution in [2.45, 2.75) is 13.1 Å². The van der Waals surface area contributed by atoms with Gasteiger partial charge in [0.1, 0.15) is 12.4 Å². The molecule has 0 aliphatic rings. The van der Waals surface area contributed by atoms with Crippen LogP contribution in [0.25, 0.3) is 6.08 Å². The summed E-state index contributed by atoms with van der Waals surface area (Å²) in [7, 11) is 0. The Kier molecular flexibility index (Phi) is 2.20. The summed E-state index contributed by atoms with van der Waals surface area (Å²) in [6.07, 6.45) is 4.90. The average Bonchev–Trinajstić information content (AvgIpc) is 2.34. The first-order valence-corrected chi connectivity index (χ1v) is 3.01. The van der Waals surface area contributed by atoms with Crippen molar-refractivity contribution in [1.29, 1.82) is 0 Å². The molecule has 1 unspecified atom stereocenters. The predicted molar refractivity (Wildman–Crippen MR) is 36.1 cm³/mol. The third kappa shape index (κ3) is 2.01. The molecule has 1 heterocycles. The Hall–Kier alpha value is -1.12. The molecule has 10 heavy (non-hydrogen) atoms. The lowest BCUT2D eigenvalue weighted by atomic mass is 10.4. The van der Waals surface area contributed by atoms with Gasteiger partial charge in [-0.25, -0.2) is 9.37 Å². The fourth-order valence-corrected chi connectivity index (χ4v) is 0.532. The Morgan fingerprint density at radius 1 is 1.80 bits per heavy atom. The van der Waals surface area contributed by atoms with Crippen molar-refractivity contribution >= 4 is 6.08 Å². The van der Waals surface area contributed by atoms with Crippen molar-refractivity contribution in [1.82, 2.24) is 4.98 Å². The number of allylic oxidation sites excluding steroid dienone is 1. The molecule has 0 fully saturated rings. The normalized spacial score (nSPS) is 14.2. The molecule has 3 heteroatoms. The van der Waals surface area contributed by atoms with Crippen molar-refractivity contribution in [2.75, 3.05) is 0 Å². The fraction of sp³-hybridized carbons (Fsp3) is 0.286. The number of aromatic nitrogens is 1. The second-order valence-corrected chi connectivity index (χ2v) is 1.91. The van der Waals surface area contributed by atoms with Crippen LogP contribution < -0.4 is 0 Å². The topological polar surface area (TPSA) is 26.0 Å². The molecule has 2 nitrogen and oxygen atoms in total. The Labute approximate surface area is 58.4 Å². The Morgan fingerprint density at radius 3 is 3.10 bits per heavy atom. The SMILES string of the molecule is CC(F)/C=C/c1ncco1. The maximum atomic E-state index is 12.1. The van der Waals surface area contributed by atoms with Gasteiger partial charge in [0.15, 0.2) is 0 Å².